The molecule has 0 saturated carbocycles. The summed E-state index contributed by atoms with van der Waals surface area (Å²) >= 11 is 1.95. The first kappa shape index (κ1) is 10.0. The third kappa shape index (κ3) is 1.89. The van der Waals surface area contributed by atoms with Crippen molar-refractivity contribution in [1.82, 2.24) is 0 Å². The first-order chi connectivity index (χ1) is 7.86. The van der Waals surface area contributed by atoms with Crippen molar-refractivity contribution in [2.75, 3.05) is 12.9 Å². The van der Waals surface area contributed by atoms with Crippen molar-refractivity contribution in [3.63, 3.8) is 0 Å². The van der Waals surface area contributed by atoms with Crippen LogP contribution in [0.3, 0.4) is 0 Å². The van der Waals surface area contributed by atoms with E-state index in [2.05, 4.69) is 5.16 Å². The number of oxime groups is 1. The molecule has 0 amide bonds. The van der Waals surface area contributed by atoms with Crippen LogP contribution in [0.1, 0.15) is 12.0 Å². The summed E-state index contributed by atoms with van der Waals surface area (Å²) < 4.78 is 5.13. The number of ether oxygens (including phenoxy) is 1. The molecule has 84 valence electrons. The molecule has 0 aromatic heterocycles. The summed E-state index contributed by atoms with van der Waals surface area (Å²) in [5.74, 6) is 2.09. The molecule has 4 heteroatoms. The summed E-state index contributed by atoms with van der Waals surface area (Å²) in [6.07, 6.45) is 1.23. The molecule has 0 radical (unpaired) electrons. The van der Waals surface area contributed by atoms with E-state index in [1.165, 1.54) is 5.75 Å². The van der Waals surface area contributed by atoms with E-state index in [9.17, 15) is 0 Å². The average molecular weight is 235 g/mol. The van der Waals surface area contributed by atoms with Crippen molar-refractivity contribution in [3.05, 3.63) is 29.8 Å². The van der Waals surface area contributed by atoms with Gasteiger partial charge in [0.1, 0.15) is 11.9 Å². The van der Waals surface area contributed by atoms with Gasteiger partial charge in [-0.3, -0.25) is 0 Å². The predicted octanol–water partition coefficient (Wildman–Crippen LogP) is 2.30. The standard InChI is InChI=1S/C12H13NO2S/c1-14-9-4-2-8(3-5-9)10-6-11(15-13-10)12-7-16-12/h2-5,11-12H,6-7H2,1H3/t11-,12+/m1/s1. The smallest absolute Gasteiger partial charge is 0.145 e. The van der Waals surface area contributed by atoms with Crippen molar-refractivity contribution >= 4 is 17.5 Å². The van der Waals surface area contributed by atoms with Crippen molar-refractivity contribution in [3.8, 4) is 5.75 Å². The highest BCUT2D eigenvalue weighted by atomic mass is 32.2. The molecular formula is C12H13NO2S. The highest BCUT2D eigenvalue weighted by Crippen LogP contribution is 2.38. The molecule has 2 heterocycles. The van der Waals surface area contributed by atoms with Gasteiger partial charge >= 0.3 is 0 Å². The SMILES string of the molecule is COc1ccc(C2=NO[C@@H]([C@@H]3CS3)C2)cc1. The van der Waals surface area contributed by atoms with Gasteiger partial charge in [0.2, 0.25) is 0 Å². The fourth-order valence-electron chi connectivity index (χ4n) is 1.82. The summed E-state index contributed by atoms with van der Waals surface area (Å²) in [5, 5.41) is 4.83. The highest BCUT2D eigenvalue weighted by molar-refractivity contribution is 8.06. The van der Waals surface area contributed by atoms with Gasteiger partial charge in [-0.05, 0) is 29.8 Å². The zero-order valence-electron chi connectivity index (χ0n) is 9.05. The Bertz CT molecular complexity index is 412. The molecule has 0 bridgehead atoms. The Hall–Kier alpha value is -1.16. The minimum atomic E-state index is 0.294. The lowest BCUT2D eigenvalue weighted by Crippen LogP contribution is -2.14. The number of methoxy groups -OCH3 is 1. The van der Waals surface area contributed by atoms with Crippen molar-refractivity contribution in [2.45, 2.75) is 17.8 Å². The second-order valence-electron chi connectivity index (χ2n) is 3.99. The van der Waals surface area contributed by atoms with Gasteiger partial charge in [0.25, 0.3) is 0 Å². The normalized spacial score (nSPS) is 27.2. The first-order valence-electron chi connectivity index (χ1n) is 5.35. The van der Waals surface area contributed by atoms with Gasteiger partial charge in [-0.2, -0.15) is 11.8 Å². The molecule has 3 rings (SSSR count). The molecule has 2 aliphatic rings. The second kappa shape index (κ2) is 4.01. The number of nitrogens with zero attached hydrogens (tertiary/aromatic N) is 1. The monoisotopic (exact) mass is 235 g/mol. The average Bonchev–Trinajstić information content (AvgIpc) is 3.08. The van der Waals surface area contributed by atoms with E-state index in [4.69, 9.17) is 9.57 Å². The van der Waals surface area contributed by atoms with Crippen LogP contribution in [-0.2, 0) is 4.84 Å². The molecule has 16 heavy (non-hydrogen) atoms. The van der Waals surface area contributed by atoms with Gasteiger partial charge in [-0.1, -0.05) is 5.16 Å². The van der Waals surface area contributed by atoms with Crippen LogP contribution in [0, 0.1) is 0 Å². The van der Waals surface area contributed by atoms with Crippen LogP contribution in [0.2, 0.25) is 0 Å². The number of hydrogen-bond donors (Lipinski definition) is 0. The van der Waals surface area contributed by atoms with Crippen LogP contribution in [0.5, 0.6) is 5.75 Å². The Morgan fingerprint density at radius 2 is 2.12 bits per heavy atom. The largest absolute Gasteiger partial charge is 0.497 e. The Kier molecular flexibility index (Phi) is 2.52. The summed E-state index contributed by atoms with van der Waals surface area (Å²) in [5.41, 5.74) is 2.19. The van der Waals surface area contributed by atoms with Crippen molar-refractivity contribution in [2.24, 2.45) is 5.16 Å². The predicted molar refractivity (Wildman–Crippen MR) is 65.3 cm³/mol. The number of thioether (sulfide) groups is 1. The van der Waals surface area contributed by atoms with Gasteiger partial charge in [0.05, 0.1) is 18.1 Å². The molecule has 1 aromatic carbocycles. The van der Waals surface area contributed by atoms with E-state index in [0.29, 0.717) is 11.4 Å². The van der Waals surface area contributed by atoms with Crippen molar-refractivity contribution in [1.29, 1.82) is 0 Å². The minimum Gasteiger partial charge on any atom is -0.497 e. The van der Waals surface area contributed by atoms with E-state index >= 15 is 0 Å². The molecule has 2 aliphatic heterocycles. The number of hydrogen-bond acceptors (Lipinski definition) is 4. The van der Waals surface area contributed by atoms with Crippen molar-refractivity contribution < 1.29 is 9.57 Å². The van der Waals surface area contributed by atoms with Gasteiger partial charge in [0, 0.05) is 12.2 Å². The van der Waals surface area contributed by atoms with Gasteiger partial charge < -0.3 is 9.57 Å². The van der Waals surface area contributed by atoms with Crippen LogP contribution in [0.25, 0.3) is 0 Å². The van der Waals surface area contributed by atoms with E-state index in [0.717, 1.165) is 23.4 Å². The zero-order valence-corrected chi connectivity index (χ0v) is 9.87. The summed E-state index contributed by atoms with van der Waals surface area (Å²) in [6, 6.07) is 7.97. The summed E-state index contributed by atoms with van der Waals surface area (Å²) in [4.78, 5) is 5.44. The van der Waals surface area contributed by atoms with Crippen LogP contribution < -0.4 is 4.74 Å². The lowest BCUT2D eigenvalue weighted by Gasteiger charge is -2.03. The maximum Gasteiger partial charge on any atom is 0.145 e. The first-order valence-corrected chi connectivity index (χ1v) is 6.40. The van der Waals surface area contributed by atoms with Gasteiger partial charge in [0.15, 0.2) is 0 Å². The highest BCUT2D eigenvalue weighted by Gasteiger charge is 2.38. The Morgan fingerprint density at radius 3 is 2.75 bits per heavy atom. The van der Waals surface area contributed by atoms with E-state index in [-0.39, 0.29) is 0 Å². The molecule has 0 unspecified atom stereocenters. The second-order valence-corrected chi connectivity index (χ2v) is 5.26. The fraction of sp³-hybridized carbons (Fsp3) is 0.417. The van der Waals surface area contributed by atoms with E-state index < -0.39 is 0 Å². The molecule has 1 aromatic rings. The summed E-state index contributed by atoms with van der Waals surface area (Å²) in [7, 11) is 1.67. The molecule has 0 N–H and O–H groups in total. The third-order valence-corrected chi connectivity index (χ3v) is 3.91. The molecule has 1 saturated heterocycles. The fourth-order valence-corrected chi connectivity index (χ4v) is 2.51. The van der Waals surface area contributed by atoms with Gasteiger partial charge in [-0.15, -0.1) is 0 Å². The van der Waals surface area contributed by atoms with E-state index in [1.807, 2.05) is 36.0 Å². The zero-order chi connectivity index (χ0) is 11.0. The molecule has 0 aliphatic carbocycles. The third-order valence-electron chi connectivity index (χ3n) is 2.89. The maximum atomic E-state index is 5.44. The maximum absolute atomic E-state index is 5.44. The summed E-state index contributed by atoms with van der Waals surface area (Å²) in [6.45, 7) is 0. The van der Waals surface area contributed by atoms with Crippen LogP contribution in [0.4, 0.5) is 0 Å². The van der Waals surface area contributed by atoms with Crippen LogP contribution >= 0.6 is 11.8 Å². The minimum absolute atomic E-state index is 0.294. The molecule has 0 spiro atoms. The Morgan fingerprint density at radius 1 is 1.38 bits per heavy atom. The lowest BCUT2D eigenvalue weighted by molar-refractivity contribution is 0.0922. The Labute approximate surface area is 98.8 Å². The lowest BCUT2D eigenvalue weighted by atomic mass is 10.0. The van der Waals surface area contributed by atoms with Crippen LogP contribution in [0.15, 0.2) is 29.4 Å². The molecule has 2 atom stereocenters. The number of rotatable bonds is 3. The topological polar surface area (TPSA) is 30.8 Å². The van der Waals surface area contributed by atoms with E-state index in [1.54, 1.807) is 7.11 Å². The van der Waals surface area contributed by atoms with Gasteiger partial charge in [-0.25, -0.2) is 0 Å². The molecular weight excluding hydrogens is 222 g/mol. The molecule has 3 nitrogen and oxygen atoms in total. The number of benzene rings is 1. The molecule has 1 fully saturated rings. The quantitative estimate of drug-likeness (QED) is 0.753. The Balaban J connectivity index is 1.72. The van der Waals surface area contributed by atoms with Crippen LogP contribution in [-0.4, -0.2) is 29.9 Å².